The maximum Gasteiger partial charge on any atom is 0.270 e. The average molecular weight is 425 g/mol. The number of carbonyl (C=O) groups excluding carboxylic acids is 3. The molecule has 8 nitrogen and oxygen atoms in total. The van der Waals surface area contributed by atoms with Crippen molar-refractivity contribution in [3.63, 3.8) is 0 Å². The molecule has 0 aromatic heterocycles. The number of thiocarbonyl (C=S) groups is 1. The summed E-state index contributed by atoms with van der Waals surface area (Å²) in [5, 5.41) is 13.3. The van der Waals surface area contributed by atoms with Gasteiger partial charge in [-0.1, -0.05) is 12.1 Å². The number of hydrogen-bond acceptors (Lipinski definition) is 7. The quantitative estimate of drug-likeness (QED) is 0.419. The third-order valence-corrected chi connectivity index (χ3v) is 4.55. The van der Waals surface area contributed by atoms with Crippen molar-refractivity contribution in [3.8, 4) is 11.5 Å². The first-order chi connectivity index (χ1) is 14.3. The van der Waals surface area contributed by atoms with Gasteiger partial charge in [0.1, 0.15) is 23.2 Å². The van der Waals surface area contributed by atoms with Crippen LogP contribution in [-0.2, 0) is 14.4 Å². The lowest BCUT2D eigenvalue weighted by Crippen LogP contribution is -2.54. The first-order valence-electron chi connectivity index (χ1n) is 8.83. The van der Waals surface area contributed by atoms with Crippen LogP contribution in [0.1, 0.15) is 12.5 Å². The van der Waals surface area contributed by atoms with Crippen LogP contribution in [0, 0.1) is 0 Å². The highest BCUT2D eigenvalue weighted by molar-refractivity contribution is 7.80. The van der Waals surface area contributed by atoms with Crippen molar-refractivity contribution in [2.24, 2.45) is 0 Å². The van der Waals surface area contributed by atoms with Gasteiger partial charge in [0.2, 0.25) is 0 Å². The van der Waals surface area contributed by atoms with Crippen LogP contribution in [-0.4, -0.2) is 36.1 Å². The Hall–Kier alpha value is -3.72. The van der Waals surface area contributed by atoms with E-state index in [4.69, 9.17) is 21.7 Å². The minimum absolute atomic E-state index is 0.0210. The fourth-order valence-corrected chi connectivity index (χ4v) is 2.97. The molecule has 0 saturated carbocycles. The molecule has 0 bridgehead atoms. The molecule has 154 valence electrons. The van der Waals surface area contributed by atoms with Crippen LogP contribution in [0.5, 0.6) is 11.5 Å². The number of aliphatic carboxylic acids is 1. The summed E-state index contributed by atoms with van der Waals surface area (Å²) in [5.74, 6) is -1.58. The molecule has 1 heterocycles. The Morgan fingerprint density at radius 1 is 1.10 bits per heavy atom. The summed E-state index contributed by atoms with van der Waals surface area (Å²) in [6.45, 7) is 1.35. The largest absolute Gasteiger partial charge is 0.546 e. The number of carbonyl (C=O) groups is 3. The number of benzene rings is 2. The van der Waals surface area contributed by atoms with Crippen LogP contribution >= 0.6 is 12.2 Å². The highest BCUT2D eigenvalue weighted by atomic mass is 32.1. The lowest BCUT2D eigenvalue weighted by atomic mass is 10.1. The first-order valence-corrected chi connectivity index (χ1v) is 9.24. The van der Waals surface area contributed by atoms with Crippen molar-refractivity contribution in [1.82, 2.24) is 5.32 Å². The molecule has 9 heteroatoms. The summed E-state index contributed by atoms with van der Waals surface area (Å²) in [6, 6.07) is 12.9. The Bertz CT molecular complexity index is 1030. The van der Waals surface area contributed by atoms with Crippen LogP contribution in [0.15, 0.2) is 54.1 Å². The Morgan fingerprint density at radius 2 is 1.70 bits per heavy atom. The van der Waals surface area contributed by atoms with Crippen LogP contribution in [0.3, 0.4) is 0 Å². The number of hydrogen-bond donors (Lipinski definition) is 1. The van der Waals surface area contributed by atoms with Crippen LogP contribution in [0.25, 0.3) is 6.08 Å². The van der Waals surface area contributed by atoms with Gasteiger partial charge >= 0.3 is 0 Å². The van der Waals surface area contributed by atoms with Crippen molar-refractivity contribution in [3.05, 3.63) is 59.7 Å². The van der Waals surface area contributed by atoms with Crippen molar-refractivity contribution in [2.45, 2.75) is 13.0 Å². The molecule has 2 aromatic carbocycles. The molecule has 1 atom stereocenters. The number of nitrogens with zero attached hydrogens (tertiary/aromatic N) is 1. The fourth-order valence-electron chi connectivity index (χ4n) is 2.68. The van der Waals surface area contributed by atoms with Gasteiger partial charge in [-0.2, -0.15) is 0 Å². The zero-order valence-corrected chi connectivity index (χ0v) is 16.9. The van der Waals surface area contributed by atoms with Gasteiger partial charge in [0.25, 0.3) is 11.8 Å². The molecule has 2 aromatic rings. The van der Waals surface area contributed by atoms with Crippen molar-refractivity contribution in [1.29, 1.82) is 0 Å². The number of anilines is 1. The van der Waals surface area contributed by atoms with E-state index in [-0.39, 0.29) is 10.7 Å². The second kappa shape index (κ2) is 8.75. The number of carboxylic acid groups (broad SMARTS) is 1. The summed E-state index contributed by atoms with van der Waals surface area (Å²) in [7, 11) is 1.53. The molecule has 1 fully saturated rings. The van der Waals surface area contributed by atoms with Gasteiger partial charge in [-0.3, -0.25) is 19.8 Å². The Labute approximate surface area is 177 Å². The Kier molecular flexibility index (Phi) is 6.12. The molecule has 1 aliphatic rings. The minimum Gasteiger partial charge on any atom is -0.546 e. The predicted molar refractivity (Wildman–Crippen MR) is 111 cm³/mol. The summed E-state index contributed by atoms with van der Waals surface area (Å²) < 4.78 is 10.3. The third kappa shape index (κ3) is 4.47. The summed E-state index contributed by atoms with van der Waals surface area (Å²) in [4.78, 5) is 37.3. The maximum atomic E-state index is 13.0. The van der Waals surface area contributed by atoms with E-state index in [1.165, 1.54) is 37.1 Å². The maximum absolute atomic E-state index is 13.0. The van der Waals surface area contributed by atoms with E-state index >= 15 is 0 Å². The fraction of sp³-hybridized carbons (Fsp3) is 0.143. The molecular weight excluding hydrogens is 408 g/mol. The van der Waals surface area contributed by atoms with Crippen LogP contribution in [0.2, 0.25) is 0 Å². The monoisotopic (exact) mass is 425 g/mol. The molecule has 0 unspecified atom stereocenters. The Balaban J connectivity index is 1.85. The lowest BCUT2D eigenvalue weighted by Gasteiger charge is -2.29. The van der Waals surface area contributed by atoms with Crippen LogP contribution < -0.4 is 24.8 Å². The number of carboxylic acids is 1. The molecule has 2 amide bonds. The van der Waals surface area contributed by atoms with Gasteiger partial charge < -0.3 is 19.4 Å². The molecule has 0 radical (unpaired) electrons. The van der Waals surface area contributed by atoms with Gasteiger partial charge in [-0.05, 0) is 67.2 Å². The molecule has 0 spiro atoms. The molecule has 0 aliphatic carbocycles. The van der Waals surface area contributed by atoms with E-state index in [9.17, 15) is 19.5 Å². The summed E-state index contributed by atoms with van der Waals surface area (Å²) >= 11 is 5.17. The van der Waals surface area contributed by atoms with E-state index in [2.05, 4.69) is 5.32 Å². The lowest BCUT2D eigenvalue weighted by molar-refractivity contribution is -0.312. The molecule has 3 rings (SSSR count). The average Bonchev–Trinajstić information content (AvgIpc) is 2.72. The number of ether oxygens (including phenoxy) is 2. The van der Waals surface area contributed by atoms with E-state index < -0.39 is 23.9 Å². The predicted octanol–water partition coefficient (Wildman–Crippen LogP) is 1.04. The summed E-state index contributed by atoms with van der Waals surface area (Å²) in [5.41, 5.74) is 0.928. The van der Waals surface area contributed by atoms with E-state index in [0.29, 0.717) is 22.7 Å². The second-order valence-electron chi connectivity index (χ2n) is 6.30. The van der Waals surface area contributed by atoms with E-state index in [1.807, 2.05) is 0 Å². The Morgan fingerprint density at radius 3 is 2.27 bits per heavy atom. The zero-order valence-electron chi connectivity index (χ0n) is 16.1. The number of methoxy groups -OCH3 is 1. The number of rotatable bonds is 6. The van der Waals surface area contributed by atoms with Gasteiger partial charge in [-0.25, -0.2) is 0 Å². The van der Waals surface area contributed by atoms with Gasteiger partial charge in [0.15, 0.2) is 5.11 Å². The van der Waals surface area contributed by atoms with Crippen molar-refractivity contribution in [2.75, 3.05) is 12.0 Å². The molecule has 1 aliphatic heterocycles. The van der Waals surface area contributed by atoms with E-state index in [1.54, 1.807) is 36.4 Å². The normalized spacial score (nSPS) is 16.3. The molecule has 1 saturated heterocycles. The SMILES string of the molecule is COc1ccc(N2C(=O)/C(=C\c3ccc(O[C@H](C)C(=O)[O-])cc3)C(=O)NC2=S)cc1. The van der Waals surface area contributed by atoms with Gasteiger partial charge in [0, 0.05) is 0 Å². The molecular formula is C21H17N2O6S-. The standard InChI is InChI=1S/C21H18N2O6S/c1-12(20(26)27)29-16-7-3-13(4-8-16)11-17-18(24)22-21(30)23(19(17)25)14-5-9-15(28-2)10-6-14/h3-12H,1-2H3,(H,26,27)(H,22,24,30)/p-1/b17-11-/t12-/m1/s1. The minimum atomic E-state index is -1.33. The second-order valence-corrected chi connectivity index (χ2v) is 6.69. The number of amides is 2. The molecule has 30 heavy (non-hydrogen) atoms. The third-order valence-electron chi connectivity index (χ3n) is 4.27. The number of nitrogens with one attached hydrogen (secondary N) is 1. The zero-order chi connectivity index (χ0) is 21.8. The highest BCUT2D eigenvalue weighted by Crippen LogP contribution is 2.25. The summed E-state index contributed by atoms with van der Waals surface area (Å²) in [6.07, 6.45) is 0.307. The van der Waals surface area contributed by atoms with E-state index in [0.717, 1.165) is 0 Å². The van der Waals surface area contributed by atoms with Crippen molar-refractivity contribution >= 4 is 46.9 Å². The first kappa shape index (κ1) is 21.0. The topological polar surface area (TPSA) is 108 Å². The smallest absolute Gasteiger partial charge is 0.270 e. The van der Waals surface area contributed by atoms with Gasteiger partial charge in [-0.15, -0.1) is 0 Å². The van der Waals surface area contributed by atoms with Crippen molar-refractivity contribution < 1.29 is 29.0 Å². The van der Waals surface area contributed by atoms with Crippen LogP contribution in [0.4, 0.5) is 5.69 Å². The van der Waals surface area contributed by atoms with Gasteiger partial charge in [0.05, 0.1) is 18.8 Å². The highest BCUT2D eigenvalue weighted by Gasteiger charge is 2.34. The molecule has 1 N–H and O–H groups in total.